The van der Waals surface area contributed by atoms with Crippen molar-refractivity contribution >= 4 is 18.3 Å². The lowest BCUT2D eigenvalue weighted by atomic mass is 9.96. The Hall–Kier alpha value is -1.33. The van der Waals surface area contributed by atoms with Crippen LogP contribution in [0.25, 0.3) is 0 Å². The molecule has 0 saturated carbocycles. The van der Waals surface area contributed by atoms with Gasteiger partial charge in [-0.3, -0.25) is 4.79 Å². The van der Waals surface area contributed by atoms with Gasteiger partial charge in [-0.15, -0.1) is 12.4 Å². The van der Waals surface area contributed by atoms with Crippen LogP contribution in [0.4, 0.5) is 4.39 Å². The number of carbonyl (C=O) groups is 1. The Morgan fingerprint density at radius 3 is 2.65 bits per heavy atom. The molecule has 1 heterocycles. The zero-order valence-electron chi connectivity index (χ0n) is 13.8. The first-order valence-electron chi connectivity index (χ1n) is 7.88. The molecule has 0 unspecified atom stereocenters. The van der Waals surface area contributed by atoms with Crippen LogP contribution in [0.1, 0.15) is 24.8 Å². The minimum atomic E-state index is -0.375. The molecule has 0 bridgehead atoms. The van der Waals surface area contributed by atoms with Gasteiger partial charge in [0.1, 0.15) is 0 Å². The minimum Gasteiger partial charge on any atom is -0.494 e. The van der Waals surface area contributed by atoms with Crippen LogP contribution in [0.15, 0.2) is 18.2 Å². The van der Waals surface area contributed by atoms with Crippen molar-refractivity contribution in [2.45, 2.75) is 25.7 Å². The molecule has 0 aromatic heterocycles. The first-order chi connectivity index (χ1) is 10.6. The minimum absolute atomic E-state index is 0. The number of hydrogen-bond acceptors (Lipinski definition) is 3. The third kappa shape index (κ3) is 5.66. The molecule has 0 atom stereocenters. The number of methoxy groups -OCH3 is 1. The highest BCUT2D eigenvalue weighted by Crippen LogP contribution is 2.20. The molecule has 0 aliphatic carbocycles. The van der Waals surface area contributed by atoms with Gasteiger partial charge >= 0.3 is 0 Å². The molecule has 6 heteroatoms. The number of amides is 1. The van der Waals surface area contributed by atoms with Gasteiger partial charge in [-0.1, -0.05) is 6.07 Å². The van der Waals surface area contributed by atoms with Crippen molar-refractivity contribution in [2.75, 3.05) is 33.8 Å². The van der Waals surface area contributed by atoms with Crippen LogP contribution in [0, 0.1) is 11.7 Å². The second-order valence-electron chi connectivity index (χ2n) is 5.85. The lowest BCUT2D eigenvalue weighted by molar-refractivity contribution is -0.132. The summed E-state index contributed by atoms with van der Waals surface area (Å²) < 4.78 is 18.5. The summed E-state index contributed by atoms with van der Waals surface area (Å²) >= 11 is 0. The molecule has 1 fully saturated rings. The fourth-order valence-electron chi connectivity index (χ4n) is 2.95. The van der Waals surface area contributed by atoms with Gasteiger partial charge < -0.3 is 15.0 Å². The number of carbonyl (C=O) groups excluding carboxylic acids is 1. The SMILES string of the molecule is CNCC1CCN(C(=O)CCc2ccc(OC)c(F)c2)CC1.Cl. The summed E-state index contributed by atoms with van der Waals surface area (Å²) in [6.45, 7) is 2.69. The van der Waals surface area contributed by atoms with Gasteiger partial charge in [0.2, 0.25) is 5.91 Å². The maximum absolute atomic E-state index is 13.6. The predicted molar refractivity (Wildman–Crippen MR) is 91.8 cm³/mol. The highest BCUT2D eigenvalue weighted by molar-refractivity contribution is 5.85. The highest BCUT2D eigenvalue weighted by atomic mass is 35.5. The number of rotatable bonds is 6. The van der Waals surface area contributed by atoms with E-state index in [2.05, 4.69) is 5.32 Å². The number of benzene rings is 1. The normalized spacial score (nSPS) is 15.2. The summed E-state index contributed by atoms with van der Waals surface area (Å²) in [5, 5.41) is 3.19. The molecule has 1 aliphatic rings. The van der Waals surface area contributed by atoms with Gasteiger partial charge in [0.25, 0.3) is 0 Å². The molecular formula is C17H26ClFN2O2. The van der Waals surface area contributed by atoms with E-state index in [4.69, 9.17) is 4.74 Å². The van der Waals surface area contributed by atoms with E-state index in [9.17, 15) is 9.18 Å². The fraction of sp³-hybridized carbons (Fsp3) is 0.588. The number of halogens is 2. The molecule has 0 radical (unpaired) electrons. The molecule has 130 valence electrons. The first-order valence-corrected chi connectivity index (χ1v) is 7.88. The topological polar surface area (TPSA) is 41.6 Å². The van der Waals surface area contributed by atoms with Crippen molar-refractivity contribution in [1.29, 1.82) is 0 Å². The molecule has 1 N–H and O–H groups in total. The molecule has 2 rings (SSSR count). The Labute approximate surface area is 143 Å². The van der Waals surface area contributed by atoms with Crippen LogP contribution in [0.2, 0.25) is 0 Å². The van der Waals surface area contributed by atoms with Crippen molar-refractivity contribution in [2.24, 2.45) is 5.92 Å². The quantitative estimate of drug-likeness (QED) is 0.862. The number of hydrogen-bond donors (Lipinski definition) is 1. The average molecular weight is 345 g/mol. The fourth-order valence-corrected chi connectivity index (χ4v) is 2.95. The van der Waals surface area contributed by atoms with Crippen molar-refractivity contribution < 1.29 is 13.9 Å². The Bertz CT molecular complexity index is 505. The summed E-state index contributed by atoms with van der Waals surface area (Å²) in [5.74, 6) is 0.700. The van der Waals surface area contributed by atoms with Crippen LogP contribution < -0.4 is 10.1 Å². The van der Waals surface area contributed by atoms with Crippen molar-refractivity contribution in [1.82, 2.24) is 10.2 Å². The molecule has 4 nitrogen and oxygen atoms in total. The zero-order valence-corrected chi connectivity index (χ0v) is 14.6. The van der Waals surface area contributed by atoms with Crippen LogP contribution in [0.5, 0.6) is 5.75 Å². The predicted octanol–water partition coefficient (Wildman–Crippen LogP) is 2.65. The van der Waals surface area contributed by atoms with E-state index in [1.165, 1.54) is 13.2 Å². The second kappa shape index (κ2) is 9.73. The summed E-state index contributed by atoms with van der Waals surface area (Å²) in [6, 6.07) is 4.87. The molecule has 1 amide bonds. The van der Waals surface area contributed by atoms with Crippen molar-refractivity contribution in [3.63, 3.8) is 0 Å². The van der Waals surface area contributed by atoms with E-state index in [0.29, 0.717) is 18.8 Å². The maximum atomic E-state index is 13.6. The third-order valence-corrected chi connectivity index (χ3v) is 4.30. The third-order valence-electron chi connectivity index (χ3n) is 4.30. The van der Waals surface area contributed by atoms with E-state index in [0.717, 1.165) is 38.0 Å². The summed E-state index contributed by atoms with van der Waals surface area (Å²) in [4.78, 5) is 14.2. The summed E-state index contributed by atoms with van der Waals surface area (Å²) in [6.07, 6.45) is 3.12. The Kier molecular flexibility index (Phi) is 8.34. The Balaban J connectivity index is 0.00000264. The molecule has 1 saturated heterocycles. The van der Waals surface area contributed by atoms with Crippen LogP contribution >= 0.6 is 12.4 Å². The largest absolute Gasteiger partial charge is 0.494 e. The van der Waals surface area contributed by atoms with Gasteiger partial charge in [-0.25, -0.2) is 4.39 Å². The van der Waals surface area contributed by atoms with Crippen LogP contribution in [-0.2, 0) is 11.2 Å². The van der Waals surface area contributed by atoms with Gasteiger partial charge in [0.05, 0.1) is 7.11 Å². The Morgan fingerprint density at radius 2 is 2.09 bits per heavy atom. The van der Waals surface area contributed by atoms with E-state index in [-0.39, 0.29) is 29.9 Å². The molecular weight excluding hydrogens is 319 g/mol. The van der Waals surface area contributed by atoms with Crippen molar-refractivity contribution in [3.8, 4) is 5.75 Å². The molecule has 1 aromatic rings. The number of aryl methyl sites for hydroxylation is 1. The summed E-state index contributed by atoms with van der Waals surface area (Å²) in [7, 11) is 3.41. The standard InChI is InChI=1S/C17H25FN2O2.ClH/c1-19-12-14-7-9-20(10-8-14)17(21)6-4-13-3-5-16(22-2)15(18)11-13;/h3,5,11,14,19H,4,6-10,12H2,1-2H3;1H. The number of piperidine rings is 1. The van der Waals surface area contributed by atoms with Gasteiger partial charge in [-0.05, 0) is 56.5 Å². The monoisotopic (exact) mass is 344 g/mol. The van der Waals surface area contributed by atoms with Crippen LogP contribution in [0.3, 0.4) is 0 Å². The number of nitrogens with zero attached hydrogens (tertiary/aromatic N) is 1. The zero-order chi connectivity index (χ0) is 15.9. The second-order valence-corrected chi connectivity index (χ2v) is 5.85. The van der Waals surface area contributed by atoms with Crippen LogP contribution in [-0.4, -0.2) is 44.6 Å². The van der Waals surface area contributed by atoms with E-state index in [1.54, 1.807) is 6.07 Å². The van der Waals surface area contributed by atoms with E-state index >= 15 is 0 Å². The van der Waals surface area contributed by atoms with Gasteiger partial charge in [0, 0.05) is 19.5 Å². The average Bonchev–Trinajstić information content (AvgIpc) is 2.54. The maximum Gasteiger partial charge on any atom is 0.222 e. The number of likely N-dealkylation sites (tertiary alicyclic amines) is 1. The Morgan fingerprint density at radius 1 is 1.39 bits per heavy atom. The lowest BCUT2D eigenvalue weighted by Crippen LogP contribution is -2.40. The van der Waals surface area contributed by atoms with Gasteiger partial charge in [0.15, 0.2) is 11.6 Å². The number of ether oxygens (including phenoxy) is 1. The molecule has 1 aliphatic heterocycles. The molecule has 1 aromatic carbocycles. The van der Waals surface area contributed by atoms with E-state index in [1.807, 2.05) is 18.0 Å². The smallest absolute Gasteiger partial charge is 0.222 e. The highest BCUT2D eigenvalue weighted by Gasteiger charge is 2.22. The van der Waals surface area contributed by atoms with Crippen molar-refractivity contribution in [3.05, 3.63) is 29.6 Å². The van der Waals surface area contributed by atoms with E-state index < -0.39 is 0 Å². The molecule has 23 heavy (non-hydrogen) atoms. The van der Waals surface area contributed by atoms with Gasteiger partial charge in [-0.2, -0.15) is 0 Å². The lowest BCUT2D eigenvalue weighted by Gasteiger charge is -2.32. The summed E-state index contributed by atoms with van der Waals surface area (Å²) in [5.41, 5.74) is 0.830. The molecule has 0 spiro atoms. The number of nitrogens with one attached hydrogen (secondary N) is 1. The first kappa shape index (κ1) is 19.7.